The molecule has 1 saturated heterocycles. The number of rotatable bonds is 5. The second kappa shape index (κ2) is 8.63. The largest absolute Gasteiger partial charge is 0.497 e. The molecule has 152 valence electrons. The van der Waals surface area contributed by atoms with E-state index < -0.39 is 0 Å². The van der Waals surface area contributed by atoms with E-state index in [1.807, 2.05) is 60.4 Å². The standard InChI is InChI=1S/C24H22N2O3S/c1-16-6-10-20(11-7-16)26-22(27)15-30-24(26)18-4-3-5-19(14-18)25-23(28)17-8-12-21(29-2)13-9-17/h3-14,24H,15H2,1-2H3,(H,25,28). The Morgan fingerprint density at radius 1 is 1.07 bits per heavy atom. The molecule has 0 aromatic heterocycles. The summed E-state index contributed by atoms with van der Waals surface area (Å²) in [5.74, 6) is 1.02. The van der Waals surface area contributed by atoms with Crippen molar-refractivity contribution in [3.63, 3.8) is 0 Å². The summed E-state index contributed by atoms with van der Waals surface area (Å²) in [5.41, 5.74) is 4.25. The van der Waals surface area contributed by atoms with E-state index in [9.17, 15) is 9.59 Å². The summed E-state index contributed by atoms with van der Waals surface area (Å²) in [4.78, 5) is 27.0. The number of hydrogen-bond acceptors (Lipinski definition) is 4. The summed E-state index contributed by atoms with van der Waals surface area (Å²) < 4.78 is 5.14. The van der Waals surface area contributed by atoms with Gasteiger partial charge in [0.1, 0.15) is 11.1 Å². The van der Waals surface area contributed by atoms with Crippen molar-refractivity contribution in [2.45, 2.75) is 12.3 Å². The lowest BCUT2D eigenvalue weighted by atomic mass is 10.1. The summed E-state index contributed by atoms with van der Waals surface area (Å²) in [6, 6.07) is 22.6. The lowest BCUT2D eigenvalue weighted by Gasteiger charge is -2.25. The first-order valence-corrected chi connectivity index (χ1v) is 10.7. The second-order valence-corrected chi connectivity index (χ2v) is 8.14. The first-order chi connectivity index (χ1) is 14.5. The van der Waals surface area contributed by atoms with Gasteiger partial charge >= 0.3 is 0 Å². The van der Waals surface area contributed by atoms with E-state index in [1.54, 1.807) is 43.1 Å². The lowest BCUT2D eigenvalue weighted by Crippen LogP contribution is -2.27. The number of amides is 2. The maximum atomic E-state index is 12.6. The van der Waals surface area contributed by atoms with Crippen molar-refractivity contribution in [2.75, 3.05) is 23.1 Å². The van der Waals surface area contributed by atoms with Crippen LogP contribution in [0.3, 0.4) is 0 Å². The molecule has 4 rings (SSSR count). The first-order valence-electron chi connectivity index (χ1n) is 9.61. The molecule has 0 spiro atoms. The molecular weight excluding hydrogens is 396 g/mol. The highest BCUT2D eigenvalue weighted by Gasteiger charge is 2.34. The number of aryl methyl sites for hydroxylation is 1. The van der Waals surface area contributed by atoms with Crippen molar-refractivity contribution in [1.29, 1.82) is 0 Å². The lowest BCUT2D eigenvalue weighted by molar-refractivity contribution is -0.115. The van der Waals surface area contributed by atoms with Crippen LogP contribution in [0, 0.1) is 6.92 Å². The number of ether oxygens (including phenoxy) is 1. The predicted molar refractivity (Wildman–Crippen MR) is 121 cm³/mol. The summed E-state index contributed by atoms with van der Waals surface area (Å²) in [6.07, 6.45) is 0. The van der Waals surface area contributed by atoms with Crippen LogP contribution in [0.15, 0.2) is 72.8 Å². The van der Waals surface area contributed by atoms with Crippen LogP contribution in [0.1, 0.15) is 26.9 Å². The molecule has 0 aliphatic carbocycles. The Labute approximate surface area is 180 Å². The van der Waals surface area contributed by atoms with Crippen LogP contribution in [-0.2, 0) is 4.79 Å². The van der Waals surface area contributed by atoms with Gasteiger partial charge in [-0.15, -0.1) is 11.8 Å². The minimum absolute atomic E-state index is 0.0847. The fraction of sp³-hybridized carbons (Fsp3) is 0.167. The van der Waals surface area contributed by atoms with E-state index in [4.69, 9.17) is 4.74 Å². The van der Waals surface area contributed by atoms with E-state index in [0.717, 1.165) is 16.8 Å². The fourth-order valence-corrected chi connectivity index (χ4v) is 4.54. The molecule has 1 aliphatic rings. The Bertz CT molecular complexity index is 1060. The second-order valence-electron chi connectivity index (χ2n) is 7.07. The number of nitrogens with one attached hydrogen (secondary N) is 1. The number of methoxy groups -OCH3 is 1. The topological polar surface area (TPSA) is 58.6 Å². The molecule has 3 aromatic rings. The number of benzene rings is 3. The molecule has 3 aromatic carbocycles. The van der Waals surface area contributed by atoms with Gasteiger partial charge in [0.25, 0.3) is 5.91 Å². The Hall–Kier alpha value is -3.25. The third-order valence-electron chi connectivity index (χ3n) is 4.96. The number of hydrogen-bond donors (Lipinski definition) is 1. The quantitative estimate of drug-likeness (QED) is 0.631. The summed E-state index contributed by atoms with van der Waals surface area (Å²) >= 11 is 1.59. The molecule has 1 fully saturated rings. The van der Waals surface area contributed by atoms with Gasteiger partial charge in [-0.1, -0.05) is 29.8 Å². The van der Waals surface area contributed by atoms with E-state index in [-0.39, 0.29) is 17.2 Å². The normalized spacial score (nSPS) is 15.9. The molecule has 0 saturated carbocycles. The maximum absolute atomic E-state index is 12.6. The average molecular weight is 419 g/mol. The molecule has 0 radical (unpaired) electrons. The molecule has 2 amide bonds. The third kappa shape index (κ3) is 4.19. The van der Waals surface area contributed by atoms with E-state index in [2.05, 4.69) is 5.32 Å². The van der Waals surface area contributed by atoms with Crippen LogP contribution < -0.4 is 15.0 Å². The van der Waals surface area contributed by atoms with Crippen LogP contribution in [0.4, 0.5) is 11.4 Å². The fourth-order valence-electron chi connectivity index (χ4n) is 3.37. The van der Waals surface area contributed by atoms with Crippen molar-refractivity contribution >= 4 is 35.0 Å². The predicted octanol–water partition coefficient (Wildman–Crippen LogP) is 5.03. The zero-order valence-electron chi connectivity index (χ0n) is 16.8. The number of thioether (sulfide) groups is 1. The minimum Gasteiger partial charge on any atom is -0.497 e. The minimum atomic E-state index is -0.194. The number of nitrogens with zero attached hydrogens (tertiary/aromatic N) is 1. The van der Waals surface area contributed by atoms with Crippen molar-refractivity contribution in [3.8, 4) is 5.75 Å². The molecule has 1 atom stereocenters. The van der Waals surface area contributed by atoms with Gasteiger partial charge in [0.05, 0.1) is 12.9 Å². The molecule has 30 heavy (non-hydrogen) atoms. The zero-order chi connectivity index (χ0) is 21.1. The van der Waals surface area contributed by atoms with Crippen LogP contribution in [0.25, 0.3) is 0 Å². The Balaban J connectivity index is 1.55. The van der Waals surface area contributed by atoms with E-state index in [0.29, 0.717) is 22.8 Å². The molecule has 0 bridgehead atoms. The summed E-state index contributed by atoms with van der Waals surface area (Å²) in [7, 11) is 1.59. The SMILES string of the molecule is COc1ccc(C(=O)Nc2cccc(C3SCC(=O)N3c3ccc(C)cc3)c2)cc1. The van der Waals surface area contributed by atoms with Crippen LogP contribution in [-0.4, -0.2) is 24.7 Å². The van der Waals surface area contributed by atoms with Crippen LogP contribution in [0.5, 0.6) is 5.75 Å². The Morgan fingerprint density at radius 2 is 1.80 bits per heavy atom. The smallest absolute Gasteiger partial charge is 0.255 e. The van der Waals surface area contributed by atoms with Gasteiger partial charge in [-0.2, -0.15) is 0 Å². The highest BCUT2D eigenvalue weighted by Crippen LogP contribution is 2.42. The van der Waals surface area contributed by atoms with Crippen molar-refractivity contribution < 1.29 is 14.3 Å². The number of carbonyl (C=O) groups is 2. The first kappa shape index (κ1) is 20.0. The molecule has 1 aliphatic heterocycles. The molecule has 1 unspecified atom stereocenters. The van der Waals surface area contributed by atoms with Gasteiger partial charge in [-0.3, -0.25) is 14.5 Å². The number of carbonyl (C=O) groups excluding carboxylic acids is 2. The van der Waals surface area contributed by atoms with Gasteiger partial charge in [-0.25, -0.2) is 0 Å². The molecule has 5 nitrogen and oxygen atoms in total. The van der Waals surface area contributed by atoms with Crippen LogP contribution in [0.2, 0.25) is 0 Å². The molecule has 6 heteroatoms. The summed E-state index contributed by atoms with van der Waals surface area (Å²) in [5, 5.41) is 2.81. The van der Waals surface area contributed by atoms with Gasteiger partial charge in [0, 0.05) is 16.9 Å². The van der Waals surface area contributed by atoms with Gasteiger partial charge in [0.2, 0.25) is 5.91 Å². The van der Waals surface area contributed by atoms with Gasteiger partial charge in [0.15, 0.2) is 0 Å². The Kier molecular flexibility index (Phi) is 5.77. The van der Waals surface area contributed by atoms with E-state index in [1.165, 1.54) is 0 Å². The third-order valence-corrected chi connectivity index (χ3v) is 6.17. The molecular formula is C24H22N2O3S. The zero-order valence-corrected chi connectivity index (χ0v) is 17.6. The van der Waals surface area contributed by atoms with E-state index >= 15 is 0 Å². The highest BCUT2D eigenvalue weighted by molar-refractivity contribution is 8.00. The van der Waals surface area contributed by atoms with Crippen molar-refractivity contribution in [1.82, 2.24) is 0 Å². The van der Waals surface area contributed by atoms with Gasteiger partial charge in [-0.05, 0) is 61.0 Å². The van der Waals surface area contributed by atoms with Crippen molar-refractivity contribution in [2.24, 2.45) is 0 Å². The molecule has 1 heterocycles. The van der Waals surface area contributed by atoms with Crippen LogP contribution >= 0.6 is 11.8 Å². The monoisotopic (exact) mass is 418 g/mol. The summed E-state index contributed by atoms with van der Waals surface area (Å²) in [6.45, 7) is 2.02. The van der Waals surface area contributed by atoms with Crippen molar-refractivity contribution in [3.05, 3.63) is 89.5 Å². The Morgan fingerprint density at radius 3 is 2.50 bits per heavy atom. The number of anilines is 2. The maximum Gasteiger partial charge on any atom is 0.255 e. The van der Waals surface area contributed by atoms with Gasteiger partial charge < -0.3 is 10.1 Å². The highest BCUT2D eigenvalue weighted by atomic mass is 32.2. The molecule has 1 N–H and O–H groups in total. The average Bonchev–Trinajstić information content (AvgIpc) is 3.16.